The van der Waals surface area contributed by atoms with Gasteiger partial charge in [0.25, 0.3) is 0 Å². The fourth-order valence-corrected chi connectivity index (χ4v) is 2.32. The Labute approximate surface area is 140 Å². The second-order valence-electron chi connectivity index (χ2n) is 6.29. The molecule has 2 rings (SSSR count). The number of aliphatic imine (C=N–C) groups is 1. The Bertz CT molecular complexity index is 597. The molecule has 0 fully saturated rings. The van der Waals surface area contributed by atoms with E-state index < -0.39 is 0 Å². The van der Waals surface area contributed by atoms with Crippen molar-refractivity contribution < 1.29 is 4.74 Å². The molecule has 2 nitrogen and oxygen atoms in total. The first-order valence-corrected chi connectivity index (χ1v) is 8.53. The van der Waals surface area contributed by atoms with Gasteiger partial charge in [-0.1, -0.05) is 39.3 Å². The molecule has 2 aromatic rings. The Balaban J connectivity index is 1.91. The fourth-order valence-electron chi connectivity index (χ4n) is 2.32. The minimum Gasteiger partial charge on any atom is -0.494 e. The summed E-state index contributed by atoms with van der Waals surface area (Å²) in [5.41, 5.74) is 3.44. The van der Waals surface area contributed by atoms with Crippen molar-refractivity contribution in [2.45, 2.75) is 40.0 Å². The van der Waals surface area contributed by atoms with Gasteiger partial charge in [-0.05, 0) is 66.3 Å². The summed E-state index contributed by atoms with van der Waals surface area (Å²) in [4.78, 5) is 4.54. The van der Waals surface area contributed by atoms with Crippen LogP contribution in [0.1, 0.15) is 44.7 Å². The quantitative estimate of drug-likeness (QED) is 0.445. The number of hydrogen-bond donors (Lipinski definition) is 0. The van der Waals surface area contributed by atoms with E-state index in [9.17, 15) is 0 Å². The third-order valence-electron chi connectivity index (χ3n) is 3.59. The van der Waals surface area contributed by atoms with Crippen molar-refractivity contribution in [1.82, 2.24) is 0 Å². The molecule has 0 unspecified atom stereocenters. The lowest BCUT2D eigenvalue weighted by Gasteiger charge is -2.05. The summed E-state index contributed by atoms with van der Waals surface area (Å²) >= 11 is 0. The van der Waals surface area contributed by atoms with Crippen LogP contribution in [0.3, 0.4) is 0 Å². The van der Waals surface area contributed by atoms with Gasteiger partial charge in [-0.2, -0.15) is 0 Å². The standard InChI is InChI=1S/C21H27NO/c1-4-5-14-23-21-12-8-19(9-13-21)16-22-20-10-6-18(7-11-20)15-17(2)3/h6-13,16-17H,4-5,14-15H2,1-3H3. The van der Waals surface area contributed by atoms with Gasteiger partial charge in [0.1, 0.15) is 5.75 Å². The van der Waals surface area contributed by atoms with E-state index in [1.54, 1.807) is 0 Å². The number of rotatable bonds is 8. The second-order valence-corrected chi connectivity index (χ2v) is 6.29. The topological polar surface area (TPSA) is 21.6 Å². The van der Waals surface area contributed by atoms with Crippen molar-refractivity contribution in [3.8, 4) is 5.75 Å². The Morgan fingerprint density at radius 2 is 1.70 bits per heavy atom. The van der Waals surface area contributed by atoms with Gasteiger partial charge in [-0.3, -0.25) is 4.99 Å². The maximum absolute atomic E-state index is 5.66. The first-order valence-electron chi connectivity index (χ1n) is 8.53. The average Bonchev–Trinajstić information content (AvgIpc) is 2.55. The molecule has 0 radical (unpaired) electrons. The zero-order valence-corrected chi connectivity index (χ0v) is 14.5. The summed E-state index contributed by atoms with van der Waals surface area (Å²) in [6.07, 6.45) is 5.26. The van der Waals surface area contributed by atoms with Crippen LogP contribution in [-0.4, -0.2) is 12.8 Å². The first-order chi connectivity index (χ1) is 11.2. The van der Waals surface area contributed by atoms with Gasteiger partial charge >= 0.3 is 0 Å². The molecule has 0 saturated carbocycles. The van der Waals surface area contributed by atoms with Crippen molar-refractivity contribution in [1.29, 1.82) is 0 Å². The van der Waals surface area contributed by atoms with Crippen molar-refractivity contribution in [2.24, 2.45) is 10.9 Å². The summed E-state index contributed by atoms with van der Waals surface area (Å²) in [6.45, 7) is 7.42. The molecule has 2 heteroatoms. The van der Waals surface area contributed by atoms with Gasteiger partial charge in [0.15, 0.2) is 0 Å². The van der Waals surface area contributed by atoms with E-state index in [0.29, 0.717) is 5.92 Å². The van der Waals surface area contributed by atoms with Gasteiger partial charge in [0.05, 0.1) is 12.3 Å². The summed E-state index contributed by atoms with van der Waals surface area (Å²) < 4.78 is 5.66. The van der Waals surface area contributed by atoms with Crippen LogP contribution in [-0.2, 0) is 6.42 Å². The SMILES string of the molecule is CCCCOc1ccc(C=Nc2ccc(CC(C)C)cc2)cc1. The molecule has 0 amide bonds. The third-order valence-corrected chi connectivity index (χ3v) is 3.59. The zero-order chi connectivity index (χ0) is 16.5. The number of nitrogens with zero attached hydrogens (tertiary/aromatic N) is 1. The highest BCUT2D eigenvalue weighted by Gasteiger charge is 1.98. The molecule has 0 aromatic heterocycles. The van der Waals surface area contributed by atoms with Gasteiger partial charge in [-0.15, -0.1) is 0 Å². The summed E-state index contributed by atoms with van der Waals surface area (Å²) in [6, 6.07) is 16.6. The second kappa shape index (κ2) is 9.14. The van der Waals surface area contributed by atoms with Crippen molar-refractivity contribution >= 4 is 11.9 Å². The highest BCUT2D eigenvalue weighted by atomic mass is 16.5. The molecule has 0 heterocycles. The highest BCUT2D eigenvalue weighted by Crippen LogP contribution is 2.16. The lowest BCUT2D eigenvalue weighted by atomic mass is 10.0. The van der Waals surface area contributed by atoms with E-state index in [0.717, 1.165) is 42.9 Å². The van der Waals surface area contributed by atoms with Crippen LogP contribution in [0.5, 0.6) is 5.75 Å². The molecule has 0 aliphatic rings. The molecule has 2 aromatic carbocycles. The van der Waals surface area contributed by atoms with Gasteiger partial charge in [0.2, 0.25) is 0 Å². The molecule has 0 bridgehead atoms. The number of ether oxygens (including phenoxy) is 1. The smallest absolute Gasteiger partial charge is 0.119 e. The molecule has 0 aliphatic carbocycles. The molecule has 0 aliphatic heterocycles. The largest absolute Gasteiger partial charge is 0.494 e. The Morgan fingerprint density at radius 3 is 2.30 bits per heavy atom. The zero-order valence-electron chi connectivity index (χ0n) is 14.5. The van der Waals surface area contributed by atoms with E-state index >= 15 is 0 Å². The van der Waals surface area contributed by atoms with Crippen LogP contribution in [0.15, 0.2) is 53.5 Å². The number of benzene rings is 2. The molecule has 23 heavy (non-hydrogen) atoms. The molecular weight excluding hydrogens is 282 g/mol. The molecule has 122 valence electrons. The van der Waals surface area contributed by atoms with E-state index in [4.69, 9.17) is 4.74 Å². The van der Waals surface area contributed by atoms with Gasteiger partial charge in [0, 0.05) is 6.21 Å². The van der Waals surface area contributed by atoms with Crippen LogP contribution in [0.25, 0.3) is 0 Å². The van der Waals surface area contributed by atoms with E-state index in [2.05, 4.69) is 50.0 Å². The van der Waals surface area contributed by atoms with E-state index in [1.165, 1.54) is 5.56 Å². The van der Waals surface area contributed by atoms with Gasteiger partial charge in [-0.25, -0.2) is 0 Å². The van der Waals surface area contributed by atoms with Crippen LogP contribution in [0.4, 0.5) is 5.69 Å². The lowest BCUT2D eigenvalue weighted by Crippen LogP contribution is -1.96. The van der Waals surface area contributed by atoms with Crippen molar-refractivity contribution in [2.75, 3.05) is 6.61 Å². The minimum atomic E-state index is 0.683. The van der Waals surface area contributed by atoms with E-state index in [-0.39, 0.29) is 0 Å². The summed E-state index contributed by atoms with van der Waals surface area (Å²) in [7, 11) is 0. The van der Waals surface area contributed by atoms with Crippen molar-refractivity contribution in [3.63, 3.8) is 0 Å². The van der Waals surface area contributed by atoms with E-state index in [1.807, 2.05) is 30.5 Å². The maximum atomic E-state index is 5.66. The molecule has 0 saturated heterocycles. The molecule has 0 spiro atoms. The van der Waals surface area contributed by atoms with Crippen LogP contribution >= 0.6 is 0 Å². The molecular formula is C21H27NO. The monoisotopic (exact) mass is 309 g/mol. The summed E-state index contributed by atoms with van der Waals surface area (Å²) in [5.74, 6) is 1.61. The average molecular weight is 309 g/mol. The minimum absolute atomic E-state index is 0.683. The Morgan fingerprint density at radius 1 is 1.00 bits per heavy atom. The molecule has 0 N–H and O–H groups in total. The van der Waals surface area contributed by atoms with Crippen LogP contribution < -0.4 is 4.74 Å². The predicted octanol–water partition coefficient (Wildman–Crippen LogP) is 5.81. The number of unbranched alkanes of at least 4 members (excludes halogenated alkanes) is 1. The Hall–Kier alpha value is -2.09. The summed E-state index contributed by atoms with van der Waals surface area (Å²) in [5, 5.41) is 0. The van der Waals surface area contributed by atoms with Crippen LogP contribution in [0.2, 0.25) is 0 Å². The predicted molar refractivity (Wildman–Crippen MR) is 99.1 cm³/mol. The first kappa shape index (κ1) is 17.3. The Kier molecular flexibility index (Phi) is 6.86. The normalized spacial score (nSPS) is 11.3. The van der Waals surface area contributed by atoms with Crippen molar-refractivity contribution in [3.05, 3.63) is 59.7 Å². The third kappa shape index (κ3) is 6.27. The number of hydrogen-bond acceptors (Lipinski definition) is 2. The van der Waals surface area contributed by atoms with Crippen LogP contribution in [0, 0.1) is 5.92 Å². The van der Waals surface area contributed by atoms with Gasteiger partial charge < -0.3 is 4.74 Å². The highest BCUT2D eigenvalue weighted by molar-refractivity contribution is 5.82. The fraction of sp³-hybridized carbons (Fsp3) is 0.381. The molecule has 0 atom stereocenters. The lowest BCUT2D eigenvalue weighted by molar-refractivity contribution is 0.309. The maximum Gasteiger partial charge on any atom is 0.119 e.